The first-order valence-corrected chi connectivity index (χ1v) is 7.40. The van der Waals surface area contributed by atoms with Gasteiger partial charge in [-0.05, 0) is 58.1 Å². The lowest BCUT2D eigenvalue weighted by Crippen LogP contribution is -2.43. The van der Waals surface area contributed by atoms with Gasteiger partial charge in [-0.2, -0.15) is 11.8 Å². The third kappa shape index (κ3) is 5.79. The van der Waals surface area contributed by atoms with Gasteiger partial charge in [0.25, 0.3) is 0 Å². The van der Waals surface area contributed by atoms with Crippen molar-refractivity contribution < 1.29 is 4.74 Å². The van der Waals surface area contributed by atoms with Crippen LogP contribution in [0.4, 0.5) is 0 Å². The molecule has 1 saturated heterocycles. The molecular weight excluding hydrogens is 206 g/mol. The third-order valence-electron chi connectivity index (χ3n) is 2.91. The normalized spacial score (nSPS) is 25.4. The van der Waals surface area contributed by atoms with Gasteiger partial charge in [0.05, 0.1) is 5.60 Å². The molecule has 1 aliphatic rings. The summed E-state index contributed by atoms with van der Waals surface area (Å²) in [6, 6.07) is 0.669. The molecule has 0 aromatic rings. The fourth-order valence-electron chi connectivity index (χ4n) is 2.08. The molecule has 0 aromatic carbocycles. The standard InChI is InChI=1S/C12H25NOS/c1-12(2)10-11(6-8-14-12)13-7-4-5-9-15-3/h11,13H,4-10H2,1-3H3. The molecule has 0 saturated carbocycles. The van der Waals surface area contributed by atoms with Crippen molar-refractivity contribution in [2.24, 2.45) is 0 Å². The van der Waals surface area contributed by atoms with Crippen LogP contribution in [0, 0.1) is 0 Å². The van der Waals surface area contributed by atoms with Gasteiger partial charge in [-0.15, -0.1) is 0 Å². The Hall–Kier alpha value is 0.270. The maximum atomic E-state index is 5.70. The molecule has 0 bridgehead atoms. The van der Waals surface area contributed by atoms with E-state index in [1.54, 1.807) is 0 Å². The van der Waals surface area contributed by atoms with E-state index in [-0.39, 0.29) is 5.60 Å². The molecule has 1 atom stereocenters. The van der Waals surface area contributed by atoms with E-state index < -0.39 is 0 Å². The number of ether oxygens (including phenoxy) is 1. The topological polar surface area (TPSA) is 21.3 Å². The van der Waals surface area contributed by atoms with Crippen molar-refractivity contribution in [3.05, 3.63) is 0 Å². The minimum atomic E-state index is 0.0786. The summed E-state index contributed by atoms with van der Waals surface area (Å²) in [4.78, 5) is 0. The van der Waals surface area contributed by atoms with E-state index in [9.17, 15) is 0 Å². The molecule has 0 aromatic heterocycles. The van der Waals surface area contributed by atoms with Crippen LogP contribution in [0.1, 0.15) is 39.5 Å². The van der Waals surface area contributed by atoms with Crippen molar-refractivity contribution in [1.82, 2.24) is 5.32 Å². The average molecular weight is 231 g/mol. The van der Waals surface area contributed by atoms with E-state index in [2.05, 4.69) is 25.4 Å². The molecule has 1 aliphatic heterocycles. The van der Waals surface area contributed by atoms with Crippen LogP contribution >= 0.6 is 11.8 Å². The van der Waals surface area contributed by atoms with Crippen LogP contribution in [0.5, 0.6) is 0 Å². The molecule has 0 spiro atoms. The Labute approximate surface area is 98.5 Å². The van der Waals surface area contributed by atoms with Gasteiger partial charge < -0.3 is 10.1 Å². The minimum absolute atomic E-state index is 0.0786. The molecule has 1 fully saturated rings. The van der Waals surface area contributed by atoms with Crippen molar-refractivity contribution >= 4 is 11.8 Å². The third-order valence-corrected chi connectivity index (χ3v) is 3.60. The smallest absolute Gasteiger partial charge is 0.0641 e. The monoisotopic (exact) mass is 231 g/mol. The molecule has 0 radical (unpaired) electrons. The van der Waals surface area contributed by atoms with E-state index in [1.807, 2.05) is 11.8 Å². The summed E-state index contributed by atoms with van der Waals surface area (Å²) < 4.78 is 5.70. The first-order chi connectivity index (χ1) is 7.14. The van der Waals surface area contributed by atoms with Gasteiger partial charge in [0.1, 0.15) is 0 Å². The fraction of sp³-hybridized carbons (Fsp3) is 1.00. The Bertz CT molecular complexity index is 173. The number of hydrogen-bond donors (Lipinski definition) is 1. The number of nitrogens with one attached hydrogen (secondary N) is 1. The van der Waals surface area contributed by atoms with Crippen molar-refractivity contribution in [3.63, 3.8) is 0 Å². The highest BCUT2D eigenvalue weighted by Crippen LogP contribution is 2.23. The van der Waals surface area contributed by atoms with Gasteiger partial charge >= 0.3 is 0 Å². The van der Waals surface area contributed by atoms with E-state index in [4.69, 9.17) is 4.74 Å². The molecule has 3 heteroatoms. The molecule has 15 heavy (non-hydrogen) atoms. The predicted octanol–water partition coefficient (Wildman–Crippen LogP) is 2.68. The van der Waals surface area contributed by atoms with Crippen molar-refractivity contribution in [2.75, 3.05) is 25.2 Å². The Morgan fingerprint density at radius 2 is 2.20 bits per heavy atom. The summed E-state index contributed by atoms with van der Waals surface area (Å²) in [6.45, 7) is 6.46. The summed E-state index contributed by atoms with van der Waals surface area (Å²) in [5.74, 6) is 1.29. The molecule has 1 unspecified atom stereocenters. The molecule has 2 nitrogen and oxygen atoms in total. The van der Waals surface area contributed by atoms with E-state index >= 15 is 0 Å². The summed E-state index contributed by atoms with van der Waals surface area (Å²) >= 11 is 1.94. The van der Waals surface area contributed by atoms with Gasteiger partial charge in [-0.3, -0.25) is 0 Å². The highest BCUT2D eigenvalue weighted by Gasteiger charge is 2.28. The zero-order valence-electron chi connectivity index (χ0n) is 10.3. The van der Waals surface area contributed by atoms with Gasteiger partial charge in [-0.25, -0.2) is 0 Å². The first-order valence-electron chi connectivity index (χ1n) is 6.00. The van der Waals surface area contributed by atoms with Crippen LogP contribution in [0.25, 0.3) is 0 Å². The molecule has 0 amide bonds. The Morgan fingerprint density at radius 1 is 1.40 bits per heavy atom. The second-order valence-electron chi connectivity index (χ2n) is 4.95. The SMILES string of the molecule is CSCCCCNC1CCOC(C)(C)C1. The quantitative estimate of drug-likeness (QED) is 0.710. The second-order valence-corrected chi connectivity index (χ2v) is 5.94. The largest absolute Gasteiger partial charge is 0.375 e. The van der Waals surface area contributed by atoms with E-state index in [0.29, 0.717) is 6.04 Å². The molecular formula is C12H25NOS. The highest BCUT2D eigenvalue weighted by atomic mass is 32.2. The average Bonchev–Trinajstić information content (AvgIpc) is 2.16. The fourth-order valence-corrected chi connectivity index (χ4v) is 2.58. The van der Waals surface area contributed by atoms with Crippen LogP contribution in [-0.2, 0) is 4.74 Å². The first kappa shape index (κ1) is 13.3. The highest BCUT2D eigenvalue weighted by molar-refractivity contribution is 7.98. The van der Waals surface area contributed by atoms with E-state index in [1.165, 1.54) is 31.6 Å². The van der Waals surface area contributed by atoms with E-state index in [0.717, 1.165) is 13.0 Å². The number of thioether (sulfide) groups is 1. The predicted molar refractivity (Wildman–Crippen MR) is 68.7 cm³/mol. The van der Waals surface area contributed by atoms with Crippen molar-refractivity contribution in [2.45, 2.75) is 51.2 Å². The number of hydrogen-bond acceptors (Lipinski definition) is 3. The molecule has 1 rings (SSSR count). The Kier molecular flexibility index (Phi) is 6.02. The van der Waals surface area contributed by atoms with Gasteiger partial charge in [0.15, 0.2) is 0 Å². The Balaban J connectivity index is 2.05. The van der Waals surface area contributed by atoms with Crippen LogP contribution < -0.4 is 5.32 Å². The van der Waals surface area contributed by atoms with Crippen LogP contribution in [0.2, 0.25) is 0 Å². The Morgan fingerprint density at radius 3 is 2.87 bits per heavy atom. The molecule has 1 N–H and O–H groups in total. The summed E-state index contributed by atoms with van der Waals surface area (Å²) in [5.41, 5.74) is 0.0786. The lowest BCUT2D eigenvalue weighted by molar-refractivity contribution is -0.0627. The molecule has 1 heterocycles. The zero-order valence-corrected chi connectivity index (χ0v) is 11.2. The summed E-state index contributed by atoms with van der Waals surface area (Å²) in [7, 11) is 0. The summed E-state index contributed by atoms with van der Waals surface area (Å²) in [6.07, 6.45) is 7.13. The van der Waals surface area contributed by atoms with Crippen LogP contribution in [-0.4, -0.2) is 36.8 Å². The van der Waals surface area contributed by atoms with Gasteiger partial charge in [-0.1, -0.05) is 0 Å². The lowest BCUT2D eigenvalue weighted by atomic mass is 9.94. The van der Waals surface area contributed by atoms with Gasteiger partial charge in [0, 0.05) is 12.6 Å². The van der Waals surface area contributed by atoms with Crippen LogP contribution in [0.3, 0.4) is 0 Å². The van der Waals surface area contributed by atoms with Crippen molar-refractivity contribution in [3.8, 4) is 0 Å². The minimum Gasteiger partial charge on any atom is -0.375 e. The summed E-state index contributed by atoms with van der Waals surface area (Å²) in [5, 5.41) is 3.65. The van der Waals surface area contributed by atoms with Crippen molar-refractivity contribution in [1.29, 1.82) is 0 Å². The lowest BCUT2D eigenvalue weighted by Gasteiger charge is -2.36. The number of rotatable bonds is 6. The van der Waals surface area contributed by atoms with Gasteiger partial charge in [0.2, 0.25) is 0 Å². The van der Waals surface area contributed by atoms with Crippen LogP contribution in [0.15, 0.2) is 0 Å². The number of unbranched alkanes of at least 4 members (excludes halogenated alkanes) is 1. The molecule has 0 aliphatic carbocycles. The molecule has 90 valence electrons. The second kappa shape index (κ2) is 6.77. The maximum absolute atomic E-state index is 5.70. The maximum Gasteiger partial charge on any atom is 0.0641 e. The zero-order chi connectivity index (χ0) is 11.1.